The van der Waals surface area contributed by atoms with Gasteiger partial charge in [-0.25, -0.2) is 0 Å². The third kappa shape index (κ3) is 19.7. The predicted molar refractivity (Wildman–Crippen MR) is 87.1 cm³/mol. The smallest absolute Gasteiger partial charge is 0.219 e. The monoisotopic (exact) mass is 320 g/mol. The van der Waals surface area contributed by atoms with Gasteiger partial charge in [-0.3, -0.25) is 4.79 Å². The number of carbonyl (C=O) groups excluding carboxylic acids is 1. The van der Waals surface area contributed by atoms with Crippen molar-refractivity contribution in [3.05, 3.63) is 0 Å². The van der Waals surface area contributed by atoms with Gasteiger partial charge < -0.3 is 22.6 Å². The highest BCUT2D eigenvalue weighted by Gasteiger charge is 2.01. The Morgan fingerprint density at radius 1 is 0.857 bits per heavy atom. The largest absolute Gasteiger partial charge is 1.00 e. The number of halogens is 1. The molecule has 0 aliphatic heterocycles. The van der Waals surface area contributed by atoms with E-state index in [9.17, 15) is 4.79 Å². The van der Waals surface area contributed by atoms with Gasteiger partial charge in [-0.15, -0.1) is 0 Å². The summed E-state index contributed by atoms with van der Waals surface area (Å²) in [4.78, 5) is 13.0. The molecule has 128 valence electrons. The molecular formula is C17H37ClN2O. The van der Waals surface area contributed by atoms with E-state index in [1.165, 1.54) is 56.3 Å². The van der Waals surface area contributed by atoms with Gasteiger partial charge in [-0.05, 0) is 6.42 Å². The first-order valence-electron chi connectivity index (χ1n) is 8.72. The van der Waals surface area contributed by atoms with Crippen LogP contribution in [0.1, 0.15) is 77.6 Å². The topological polar surface area (TPSA) is 33.5 Å². The van der Waals surface area contributed by atoms with Crippen molar-refractivity contribution in [3.63, 3.8) is 0 Å². The lowest BCUT2D eigenvalue weighted by Crippen LogP contribution is -3.05. The van der Waals surface area contributed by atoms with E-state index >= 15 is 0 Å². The van der Waals surface area contributed by atoms with E-state index in [2.05, 4.69) is 26.3 Å². The van der Waals surface area contributed by atoms with E-state index in [4.69, 9.17) is 0 Å². The average molecular weight is 321 g/mol. The Kier molecular flexibility index (Phi) is 19.5. The summed E-state index contributed by atoms with van der Waals surface area (Å²) in [5.41, 5.74) is 0. The maximum atomic E-state index is 11.6. The molecule has 21 heavy (non-hydrogen) atoms. The zero-order chi connectivity index (χ0) is 15.1. The summed E-state index contributed by atoms with van der Waals surface area (Å²) >= 11 is 0. The molecule has 0 aromatic carbocycles. The van der Waals surface area contributed by atoms with Gasteiger partial charge in [0.1, 0.15) is 0 Å². The second-order valence-electron chi connectivity index (χ2n) is 6.24. The molecule has 0 rings (SSSR count). The van der Waals surface area contributed by atoms with Crippen LogP contribution in [0, 0.1) is 0 Å². The maximum Gasteiger partial charge on any atom is 0.219 e. The van der Waals surface area contributed by atoms with Gasteiger partial charge in [0, 0.05) is 19.4 Å². The van der Waals surface area contributed by atoms with Gasteiger partial charge in [0.25, 0.3) is 0 Å². The van der Waals surface area contributed by atoms with Crippen LogP contribution in [0.2, 0.25) is 0 Å². The molecule has 0 aromatic heterocycles. The number of hydrogen-bond donors (Lipinski definition) is 2. The molecule has 0 fully saturated rings. The SMILES string of the molecule is CCCCCCCCCCCC(=O)NCCC[NH+](C)C.[Cl-]. The predicted octanol–water partition coefficient (Wildman–Crippen LogP) is -0.438. The molecule has 0 aliphatic rings. The fourth-order valence-electron chi connectivity index (χ4n) is 2.35. The van der Waals surface area contributed by atoms with Crippen molar-refractivity contribution in [2.45, 2.75) is 77.6 Å². The lowest BCUT2D eigenvalue weighted by Gasteiger charge is -2.08. The first-order valence-corrected chi connectivity index (χ1v) is 8.72. The lowest BCUT2D eigenvalue weighted by atomic mass is 10.1. The minimum absolute atomic E-state index is 0. The summed E-state index contributed by atoms with van der Waals surface area (Å²) < 4.78 is 0. The number of rotatable bonds is 14. The Morgan fingerprint density at radius 2 is 1.38 bits per heavy atom. The van der Waals surface area contributed by atoms with Gasteiger partial charge in [0.2, 0.25) is 5.91 Å². The molecule has 0 spiro atoms. The number of nitrogens with one attached hydrogen (secondary N) is 2. The quantitative estimate of drug-likeness (QED) is 0.418. The fourth-order valence-corrected chi connectivity index (χ4v) is 2.35. The Hall–Kier alpha value is -0.280. The van der Waals surface area contributed by atoms with E-state index in [1.807, 2.05) is 0 Å². The molecule has 0 atom stereocenters. The molecule has 0 unspecified atom stereocenters. The van der Waals surface area contributed by atoms with Crippen molar-refractivity contribution < 1.29 is 22.1 Å². The number of amides is 1. The summed E-state index contributed by atoms with van der Waals surface area (Å²) in [5.74, 6) is 0.238. The number of unbranched alkanes of at least 4 members (excludes halogenated alkanes) is 8. The van der Waals surface area contributed by atoms with Gasteiger partial charge in [0.15, 0.2) is 0 Å². The molecular weight excluding hydrogens is 284 g/mol. The molecule has 0 bridgehead atoms. The molecule has 0 aliphatic carbocycles. The number of hydrogen-bond acceptors (Lipinski definition) is 1. The van der Waals surface area contributed by atoms with Crippen LogP contribution in [0.3, 0.4) is 0 Å². The third-order valence-corrected chi connectivity index (χ3v) is 3.68. The highest BCUT2D eigenvalue weighted by molar-refractivity contribution is 5.75. The Balaban J connectivity index is 0. The Labute approximate surface area is 138 Å². The third-order valence-electron chi connectivity index (χ3n) is 3.68. The van der Waals surface area contributed by atoms with E-state index in [0.717, 1.165) is 25.9 Å². The standard InChI is InChI=1S/C17H36N2O.ClH/c1-4-5-6-7-8-9-10-11-12-14-17(20)18-15-13-16-19(2)3;/h4-16H2,1-3H3,(H,18,20);1H. The van der Waals surface area contributed by atoms with E-state index in [1.54, 1.807) is 0 Å². The molecule has 2 N–H and O–H groups in total. The van der Waals surface area contributed by atoms with Crippen LogP contribution in [0.5, 0.6) is 0 Å². The minimum Gasteiger partial charge on any atom is -1.00 e. The van der Waals surface area contributed by atoms with Gasteiger partial charge in [-0.1, -0.05) is 58.3 Å². The van der Waals surface area contributed by atoms with Gasteiger partial charge >= 0.3 is 0 Å². The van der Waals surface area contributed by atoms with Crippen LogP contribution in [-0.4, -0.2) is 33.1 Å². The van der Waals surface area contributed by atoms with E-state index in [0.29, 0.717) is 6.42 Å². The first-order chi connectivity index (χ1) is 9.66. The summed E-state index contributed by atoms with van der Waals surface area (Å²) in [6.07, 6.45) is 13.6. The fraction of sp³-hybridized carbons (Fsp3) is 0.941. The summed E-state index contributed by atoms with van der Waals surface area (Å²) in [6.45, 7) is 4.21. The van der Waals surface area contributed by atoms with Crippen molar-refractivity contribution in [2.24, 2.45) is 0 Å². The van der Waals surface area contributed by atoms with Crippen LogP contribution in [0.15, 0.2) is 0 Å². The molecule has 0 radical (unpaired) electrons. The molecule has 4 heteroatoms. The molecule has 1 amide bonds. The zero-order valence-corrected chi connectivity index (χ0v) is 15.2. The second-order valence-corrected chi connectivity index (χ2v) is 6.24. The average Bonchev–Trinajstić information content (AvgIpc) is 2.41. The molecule has 0 aromatic rings. The molecule has 0 saturated heterocycles. The van der Waals surface area contributed by atoms with Crippen molar-refractivity contribution in [1.82, 2.24) is 5.32 Å². The highest BCUT2D eigenvalue weighted by atomic mass is 35.5. The second kappa shape index (κ2) is 17.8. The van der Waals surface area contributed by atoms with Crippen molar-refractivity contribution in [1.29, 1.82) is 0 Å². The minimum atomic E-state index is 0. The molecule has 0 saturated carbocycles. The normalized spacial score (nSPS) is 10.5. The summed E-state index contributed by atoms with van der Waals surface area (Å²) in [7, 11) is 4.29. The zero-order valence-electron chi connectivity index (χ0n) is 14.5. The lowest BCUT2D eigenvalue weighted by molar-refractivity contribution is -0.858. The van der Waals surface area contributed by atoms with Crippen LogP contribution >= 0.6 is 0 Å². The van der Waals surface area contributed by atoms with Crippen LogP contribution in [-0.2, 0) is 4.79 Å². The maximum absolute atomic E-state index is 11.6. The Morgan fingerprint density at radius 3 is 1.90 bits per heavy atom. The van der Waals surface area contributed by atoms with Crippen LogP contribution < -0.4 is 22.6 Å². The van der Waals surface area contributed by atoms with Crippen molar-refractivity contribution in [3.8, 4) is 0 Å². The van der Waals surface area contributed by atoms with Crippen LogP contribution in [0.4, 0.5) is 0 Å². The number of quaternary nitrogens is 1. The van der Waals surface area contributed by atoms with Gasteiger partial charge in [-0.2, -0.15) is 0 Å². The van der Waals surface area contributed by atoms with Crippen LogP contribution in [0.25, 0.3) is 0 Å². The molecule has 3 nitrogen and oxygen atoms in total. The van der Waals surface area contributed by atoms with Gasteiger partial charge in [0.05, 0.1) is 20.6 Å². The first kappa shape index (κ1) is 23.0. The molecule has 0 heterocycles. The summed E-state index contributed by atoms with van der Waals surface area (Å²) in [6, 6.07) is 0. The van der Waals surface area contributed by atoms with Crippen molar-refractivity contribution >= 4 is 5.91 Å². The highest BCUT2D eigenvalue weighted by Crippen LogP contribution is 2.10. The summed E-state index contributed by atoms with van der Waals surface area (Å²) in [5, 5.41) is 3.01. The Bertz CT molecular complexity index is 223. The van der Waals surface area contributed by atoms with E-state index in [-0.39, 0.29) is 18.3 Å². The number of carbonyl (C=O) groups is 1. The van der Waals surface area contributed by atoms with Crippen molar-refractivity contribution in [2.75, 3.05) is 27.2 Å². The van der Waals surface area contributed by atoms with E-state index < -0.39 is 0 Å².